The fourth-order valence-electron chi connectivity index (χ4n) is 4.33. The standard InChI is InChI=1S/C24H26FN5O3/c1-13(16-7-10-27-16)33-19-12-26-9-6-14(19)21-22(20-17(29-21)8-11-28-24(20)31)30-18-5-3-4-15(25)23(18)32-2/h3-6,9,12-13,16,27,29-30H,7-8,10-11H2,1-2H3,(H,28,31)/t13-,16+/m0/s1. The van der Waals surface area contributed by atoms with Gasteiger partial charge >= 0.3 is 0 Å². The van der Waals surface area contributed by atoms with Crippen molar-refractivity contribution in [1.82, 2.24) is 20.6 Å². The van der Waals surface area contributed by atoms with Crippen molar-refractivity contribution in [3.05, 3.63) is 53.7 Å². The molecule has 2 atom stereocenters. The van der Waals surface area contributed by atoms with Crippen LogP contribution in [0.3, 0.4) is 0 Å². The first-order valence-electron chi connectivity index (χ1n) is 11.0. The van der Waals surface area contributed by atoms with Crippen molar-refractivity contribution in [3.8, 4) is 22.8 Å². The number of nitrogens with one attached hydrogen (secondary N) is 4. The number of hydrogen-bond acceptors (Lipinski definition) is 6. The van der Waals surface area contributed by atoms with Crippen LogP contribution < -0.4 is 25.4 Å². The van der Waals surface area contributed by atoms with Crippen molar-refractivity contribution in [3.63, 3.8) is 0 Å². The summed E-state index contributed by atoms with van der Waals surface area (Å²) in [6.07, 6.45) is 5.02. The van der Waals surface area contributed by atoms with Crippen LogP contribution in [-0.2, 0) is 6.42 Å². The Hall–Kier alpha value is -3.59. The van der Waals surface area contributed by atoms with Gasteiger partial charge in [0.05, 0.1) is 35.9 Å². The average Bonchev–Trinajstić information content (AvgIpc) is 3.12. The Labute approximate surface area is 190 Å². The second-order valence-corrected chi connectivity index (χ2v) is 8.22. The number of nitrogens with zero attached hydrogens (tertiary/aromatic N) is 1. The zero-order valence-electron chi connectivity index (χ0n) is 18.5. The molecule has 0 radical (unpaired) electrons. The molecule has 0 bridgehead atoms. The molecule has 2 aliphatic rings. The number of H-pyrrole nitrogens is 1. The minimum absolute atomic E-state index is 0.0469. The van der Waals surface area contributed by atoms with Crippen molar-refractivity contribution >= 4 is 17.3 Å². The summed E-state index contributed by atoms with van der Waals surface area (Å²) in [6, 6.07) is 6.76. The number of hydrogen-bond donors (Lipinski definition) is 4. The Bertz CT molecular complexity index is 1190. The summed E-state index contributed by atoms with van der Waals surface area (Å²) in [7, 11) is 1.41. The SMILES string of the molecule is COc1c(F)cccc1Nc1c(-c2ccncc2O[C@@H](C)[C@H]2CCN2)[nH]c2c1C(=O)NCC2. The van der Waals surface area contributed by atoms with Crippen LogP contribution in [0.2, 0.25) is 0 Å². The van der Waals surface area contributed by atoms with Gasteiger partial charge in [-0.1, -0.05) is 6.07 Å². The molecule has 0 spiro atoms. The van der Waals surface area contributed by atoms with Gasteiger partial charge in [-0.15, -0.1) is 0 Å². The van der Waals surface area contributed by atoms with Gasteiger partial charge in [-0.25, -0.2) is 4.39 Å². The Morgan fingerprint density at radius 2 is 2.12 bits per heavy atom. The molecule has 2 aliphatic heterocycles. The molecular weight excluding hydrogens is 425 g/mol. The van der Waals surface area contributed by atoms with Gasteiger partial charge in [0.2, 0.25) is 0 Å². The van der Waals surface area contributed by atoms with E-state index in [1.54, 1.807) is 24.5 Å². The highest BCUT2D eigenvalue weighted by atomic mass is 19.1. The zero-order valence-corrected chi connectivity index (χ0v) is 18.5. The van der Waals surface area contributed by atoms with Crippen molar-refractivity contribution in [1.29, 1.82) is 0 Å². The lowest BCUT2D eigenvalue weighted by Gasteiger charge is -2.33. The molecule has 5 rings (SSSR count). The third-order valence-corrected chi connectivity index (χ3v) is 6.19. The number of ether oxygens (including phenoxy) is 2. The molecule has 1 amide bonds. The third-order valence-electron chi connectivity index (χ3n) is 6.19. The van der Waals surface area contributed by atoms with E-state index < -0.39 is 5.82 Å². The van der Waals surface area contributed by atoms with E-state index in [1.165, 1.54) is 13.2 Å². The van der Waals surface area contributed by atoms with Gasteiger partial charge < -0.3 is 30.4 Å². The minimum Gasteiger partial charge on any atom is -0.492 e. The Morgan fingerprint density at radius 1 is 1.27 bits per heavy atom. The summed E-state index contributed by atoms with van der Waals surface area (Å²) in [5.41, 5.74) is 3.70. The molecule has 9 heteroatoms. The number of carbonyl (C=O) groups excluding carboxylic acids is 1. The number of methoxy groups -OCH3 is 1. The highest BCUT2D eigenvalue weighted by molar-refractivity contribution is 6.06. The summed E-state index contributed by atoms with van der Waals surface area (Å²) in [5.74, 6) is -0.00898. The average molecular weight is 452 g/mol. The Kier molecular flexibility index (Phi) is 5.63. The lowest BCUT2D eigenvalue weighted by molar-refractivity contribution is 0.0947. The number of halogens is 1. The first-order chi connectivity index (χ1) is 16.1. The number of aromatic amines is 1. The van der Waals surface area contributed by atoms with Gasteiger partial charge in [0.25, 0.3) is 5.91 Å². The zero-order chi connectivity index (χ0) is 22.9. The molecule has 1 aromatic carbocycles. The van der Waals surface area contributed by atoms with E-state index in [2.05, 4.69) is 25.9 Å². The van der Waals surface area contributed by atoms with Crippen LogP contribution in [-0.4, -0.2) is 48.2 Å². The van der Waals surface area contributed by atoms with E-state index in [0.717, 1.165) is 24.2 Å². The summed E-state index contributed by atoms with van der Waals surface area (Å²) in [5, 5.41) is 9.50. The summed E-state index contributed by atoms with van der Waals surface area (Å²) in [6.45, 7) is 3.55. The maximum atomic E-state index is 14.4. The third kappa shape index (κ3) is 3.89. The minimum atomic E-state index is -0.493. The van der Waals surface area contributed by atoms with Crippen molar-refractivity contribution < 1.29 is 18.7 Å². The quantitative estimate of drug-likeness (QED) is 0.440. The smallest absolute Gasteiger partial charge is 0.255 e. The van der Waals surface area contributed by atoms with Gasteiger partial charge in [-0.05, 0) is 38.1 Å². The lowest BCUT2D eigenvalue weighted by Crippen LogP contribution is -2.51. The maximum absolute atomic E-state index is 14.4. The molecule has 33 heavy (non-hydrogen) atoms. The first-order valence-corrected chi connectivity index (χ1v) is 11.0. The summed E-state index contributed by atoms with van der Waals surface area (Å²) >= 11 is 0. The largest absolute Gasteiger partial charge is 0.492 e. The van der Waals surface area contributed by atoms with E-state index in [1.807, 2.05) is 13.0 Å². The van der Waals surface area contributed by atoms with Crippen LogP contribution in [0.25, 0.3) is 11.3 Å². The monoisotopic (exact) mass is 451 g/mol. The molecule has 8 nitrogen and oxygen atoms in total. The number of rotatable bonds is 7. The first kappa shape index (κ1) is 21.3. The molecule has 1 saturated heterocycles. The normalized spacial score (nSPS) is 18.0. The summed E-state index contributed by atoms with van der Waals surface area (Å²) in [4.78, 5) is 20.5. The molecule has 172 valence electrons. The molecule has 2 aromatic heterocycles. The van der Waals surface area contributed by atoms with Crippen LogP contribution >= 0.6 is 0 Å². The number of para-hydroxylation sites is 1. The summed E-state index contributed by atoms with van der Waals surface area (Å²) < 4.78 is 25.9. The van der Waals surface area contributed by atoms with Gasteiger partial charge in [-0.2, -0.15) is 0 Å². The van der Waals surface area contributed by atoms with Crippen LogP contribution in [0.5, 0.6) is 11.5 Å². The van der Waals surface area contributed by atoms with Crippen LogP contribution in [0.4, 0.5) is 15.8 Å². The van der Waals surface area contributed by atoms with E-state index >= 15 is 0 Å². The van der Waals surface area contributed by atoms with Crippen molar-refractivity contribution in [2.24, 2.45) is 0 Å². The molecule has 0 saturated carbocycles. The number of amides is 1. The van der Waals surface area contributed by atoms with Gasteiger partial charge in [0.15, 0.2) is 11.6 Å². The van der Waals surface area contributed by atoms with Gasteiger partial charge in [0, 0.05) is 36.5 Å². The van der Waals surface area contributed by atoms with Crippen molar-refractivity contribution in [2.45, 2.75) is 31.9 Å². The molecule has 4 N–H and O–H groups in total. The van der Waals surface area contributed by atoms with E-state index in [4.69, 9.17) is 9.47 Å². The second kappa shape index (κ2) is 8.74. The maximum Gasteiger partial charge on any atom is 0.255 e. The fraction of sp³-hybridized carbons (Fsp3) is 0.333. The lowest BCUT2D eigenvalue weighted by atomic mass is 10.0. The Morgan fingerprint density at radius 3 is 2.88 bits per heavy atom. The number of aromatic nitrogens is 2. The number of fused-ring (bicyclic) bond motifs is 1. The van der Waals surface area contributed by atoms with Crippen LogP contribution in [0.15, 0.2) is 36.7 Å². The van der Waals surface area contributed by atoms with E-state index in [9.17, 15) is 9.18 Å². The number of carbonyl (C=O) groups is 1. The number of pyridine rings is 1. The van der Waals surface area contributed by atoms with E-state index in [0.29, 0.717) is 41.3 Å². The molecule has 0 aliphatic carbocycles. The predicted molar refractivity (Wildman–Crippen MR) is 123 cm³/mol. The van der Waals surface area contributed by atoms with Crippen LogP contribution in [0.1, 0.15) is 29.4 Å². The molecule has 1 fully saturated rings. The topological polar surface area (TPSA) is 100 Å². The predicted octanol–water partition coefficient (Wildman–Crippen LogP) is 3.38. The second-order valence-electron chi connectivity index (χ2n) is 8.22. The van der Waals surface area contributed by atoms with E-state index in [-0.39, 0.29) is 23.8 Å². The van der Waals surface area contributed by atoms with Crippen molar-refractivity contribution in [2.75, 3.05) is 25.5 Å². The van der Waals surface area contributed by atoms with Gasteiger partial charge in [0.1, 0.15) is 11.9 Å². The molecular formula is C24H26FN5O3. The molecule has 0 unspecified atom stereocenters. The van der Waals surface area contributed by atoms with Crippen LogP contribution in [0, 0.1) is 5.82 Å². The number of benzene rings is 1. The van der Waals surface area contributed by atoms with Gasteiger partial charge in [-0.3, -0.25) is 9.78 Å². The highest BCUT2D eigenvalue weighted by Crippen LogP contribution is 2.42. The Balaban J connectivity index is 1.61. The fourth-order valence-corrected chi connectivity index (χ4v) is 4.33. The highest BCUT2D eigenvalue weighted by Gasteiger charge is 2.30. The number of anilines is 2. The molecule has 3 aromatic rings. The molecule has 4 heterocycles.